The van der Waals surface area contributed by atoms with Crippen molar-refractivity contribution >= 4 is 33.6 Å². The Morgan fingerprint density at radius 2 is 1.93 bits per heavy atom. The van der Waals surface area contributed by atoms with E-state index in [4.69, 9.17) is 14.2 Å². The van der Waals surface area contributed by atoms with Gasteiger partial charge in [0.15, 0.2) is 11.5 Å². The molecule has 0 amide bonds. The third-order valence-electron chi connectivity index (χ3n) is 4.57. The zero-order chi connectivity index (χ0) is 19.8. The number of carbonyl (C=O) groups is 1. The molecule has 0 aliphatic rings. The average molecular weight is 395 g/mol. The number of aromatic nitrogens is 1. The Morgan fingerprint density at radius 1 is 1.11 bits per heavy atom. The fraction of sp³-hybridized carbons (Fsp3) is 0.227. The van der Waals surface area contributed by atoms with E-state index in [1.165, 1.54) is 7.11 Å². The molecule has 4 aromatic rings. The van der Waals surface area contributed by atoms with Gasteiger partial charge in [-0.1, -0.05) is 6.07 Å². The first kappa shape index (κ1) is 18.4. The summed E-state index contributed by atoms with van der Waals surface area (Å²) in [6.45, 7) is 3.97. The lowest BCUT2D eigenvalue weighted by molar-refractivity contribution is 0.0593. The van der Waals surface area contributed by atoms with Crippen molar-refractivity contribution in [3.63, 3.8) is 0 Å². The first-order chi connectivity index (χ1) is 13.5. The summed E-state index contributed by atoms with van der Waals surface area (Å²) in [4.78, 5) is 13.4. The number of benzene rings is 1. The van der Waals surface area contributed by atoms with E-state index in [1.807, 2.05) is 66.2 Å². The predicted molar refractivity (Wildman–Crippen MR) is 112 cm³/mol. The van der Waals surface area contributed by atoms with Crippen LogP contribution in [-0.2, 0) is 4.74 Å². The summed E-state index contributed by atoms with van der Waals surface area (Å²) in [5, 5.41) is 4.02. The Bertz CT molecular complexity index is 1160. The van der Waals surface area contributed by atoms with Gasteiger partial charge in [0, 0.05) is 22.0 Å². The molecular weight excluding hydrogens is 374 g/mol. The van der Waals surface area contributed by atoms with Crippen molar-refractivity contribution in [1.82, 2.24) is 4.40 Å². The lowest BCUT2D eigenvalue weighted by Gasteiger charge is -2.15. The van der Waals surface area contributed by atoms with Crippen LogP contribution in [0.2, 0.25) is 0 Å². The molecule has 0 aliphatic carbocycles. The predicted octanol–water partition coefficient (Wildman–Crippen LogP) is 5.40. The molecule has 6 heteroatoms. The molecule has 0 fully saturated rings. The normalized spacial score (nSPS) is 11.3. The smallest absolute Gasteiger partial charge is 0.355 e. The molecule has 28 heavy (non-hydrogen) atoms. The van der Waals surface area contributed by atoms with E-state index >= 15 is 0 Å². The van der Waals surface area contributed by atoms with Gasteiger partial charge in [0.05, 0.1) is 25.8 Å². The van der Waals surface area contributed by atoms with E-state index in [-0.39, 0.29) is 12.1 Å². The molecule has 1 aromatic carbocycles. The summed E-state index contributed by atoms with van der Waals surface area (Å²) in [7, 11) is 3.03. The molecule has 5 nitrogen and oxygen atoms in total. The van der Waals surface area contributed by atoms with Crippen LogP contribution in [0.1, 0.15) is 24.3 Å². The number of nitrogens with zero attached hydrogens (tertiary/aromatic N) is 1. The zero-order valence-corrected chi connectivity index (χ0v) is 17.0. The highest BCUT2D eigenvalue weighted by molar-refractivity contribution is 7.13. The van der Waals surface area contributed by atoms with Gasteiger partial charge < -0.3 is 18.6 Å². The number of thiophene rings is 1. The van der Waals surface area contributed by atoms with Gasteiger partial charge in [-0.25, -0.2) is 4.79 Å². The van der Waals surface area contributed by atoms with E-state index in [2.05, 4.69) is 0 Å². The topological polar surface area (TPSA) is 49.2 Å². The van der Waals surface area contributed by atoms with Crippen LogP contribution >= 0.6 is 11.3 Å². The van der Waals surface area contributed by atoms with Crippen molar-refractivity contribution in [3.05, 3.63) is 53.7 Å². The Morgan fingerprint density at radius 3 is 2.57 bits per heavy atom. The third-order valence-corrected chi connectivity index (χ3v) is 5.48. The van der Waals surface area contributed by atoms with Crippen LogP contribution in [0.3, 0.4) is 0 Å². The van der Waals surface area contributed by atoms with Crippen LogP contribution in [0.4, 0.5) is 0 Å². The lowest BCUT2D eigenvalue weighted by atomic mass is 10.1. The van der Waals surface area contributed by atoms with Crippen LogP contribution in [0.25, 0.3) is 26.7 Å². The van der Waals surface area contributed by atoms with Gasteiger partial charge in [0.25, 0.3) is 0 Å². The highest BCUT2D eigenvalue weighted by Crippen LogP contribution is 2.40. The zero-order valence-electron chi connectivity index (χ0n) is 16.2. The van der Waals surface area contributed by atoms with Gasteiger partial charge in [-0.3, -0.25) is 0 Å². The van der Waals surface area contributed by atoms with Crippen molar-refractivity contribution < 1.29 is 19.0 Å². The quantitative estimate of drug-likeness (QED) is 0.424. The standard InChI is InChI=1S/C22H21NO4S/c1-13(2)27-19-10-14-7-8-23-17(22(24)26-4)11-16(20-6-5-9-28-20)21(23)15(14)12-18(19)25-3/h5-13H,1-4H3. The van der Waals surface area contributed by atoms with Gasteiger partial charge in [0.2, 0.25) is 0 Å². The summed E-state index contributed by atoms with van der Waals surface area (Å²) < 4.78 is 18.4. The minimum absolute atomic E-state index is 0.0380. The maximum absolute atomic E-state index is 12.4. The van der Waals surface area contributed by atoms with Crippen molar-refractivity contribution in [1.29, 1.82) is 0 Å². The number of hydrogen-bond donors (Lipinski definition) is 0. The number of ether oxygens (including phenoxy) is 3. The summed E-state index contributed by atoms with van der Waals surface area (Å²) in [6, 6.07) is 11.9. The maximum atomic E-state index is 12.4. The SMILES string of the molecule is COC(=O)c1cc(-c2cccs2)c2c3cc(OC)c(OC(C)C)cc3ccn12. The molecule has 0 saturated carbocycles. The number of fused-ring (bicyclic) bond motifs is 3. The number of rotatable bonds is 5. The summed E-state index contributed by atoms with van der Waals surface area (Å²) >= 11 is 1.63. The van der Waals surface area contributed by atoms with Crippen LogP contribution in [0.5, 0.6) is 11.5 Å². The van der Waals surface area contributed by atoms with E-state index in [9.17, 15) is 4.79 Å². The van der Waals surface area contributed by atoms with Gasteiger partial charge in [0.1, 0.15) is 5.69 Å². The number of pyridine rings is 1. The third kappa shape index (κ3) is 2.99. The minimum atomic E-state index is -0.371. The molecule has 0 N–H and O–H groups in total. The number of hydrogen-bond acceptors (Lipinski definition) is 5. The number of carbonyl (C=O) groups excluding carboxylic acids is 1. The van der Waals surface area contributed by atoms with E-state index in [0.29, 0.717) is 17.2 Å². The molecule has 0 spiro atoms. The second-order valence-electron chi connectivity index (χ2n) is 6.70. The molecule has 0 radical (unpaired) electrons. The van der Waals surface area contributed by atoms with Crippen molar-refractivity contribution in [2.24, 2.45) is 0 Å². The van der Waals surface area contributed by atoms with Crippen molar-refractivity contribution in [3.8, 4) is 21.9 Å². The highest BCUT2D eigenvalue weighted by atomic mass is 32.1. The van der Waals surface area contributed by atoms with Crippen LogP contribution < -0.4 is 9.47 Å². The number of methoxy groups -OCH3 is 2. The van der Waals surface area contributed by atoms with Gasteiger partial charge in [-0.05, 0) is 54.9 Å². The molecular formula is C22H21NO4S. The monoisotopic (exact) mass is 395 g/mol. The Hall–Kier alpha value is -2.99. The number of esters is 1. The Balaban J connectivity index is 2.08. The highest BCUT2D eigenvalue weighted by Gasteiger charge is 2.20. The lowest BCUT2D eigenvalue weighted by Crippen LogP contribution is -2.07. The van der Waals surface area contributed by atoms with E-state index in [1.54, 1.807) is 18.4 Å². The van der Waals surface area contributed by atoms with Crippen LogP contribution in [0, 0.1) is 0 Å². The molecule has 0 saturated heterocycles. The van der Waals surface area contributed by atoms with Gasteiger partial charge in [-0.2, -0.15) is 0 Å². The summed E-state index contributed by atoms with van der Waals surface area (Å²) in [6.07, 6.45) is 1.93. The average Bonchev–Trinajstić information content (AvgIpc) is 3.33. The maximum Gasteiger partial charge on any atom is 0.355 e. The largest absolute Gasteiger partial charge is 0.493 e. The first-order valence-corrected chi connectivity index (χ1v) is 9.86. The fourth-order valence-electron chi connectivity index (χ4n) is 3.42. The molecule has 0 bridgehead atoms. The second kappa shape index (κ2) is 7.20. The van der Waals surface area contributed by atoms with Crippen molar-refractivity contribution in [2.75, 3.05) is 14.2 Å². The first-order valence-electron chi connectivity index (χ1n) is 8.98. The van der Waals surface area contributed by atoms with E-state index in [0.717, 1.165) is 26.7 Å². The molecule has 0 aliphatic heterocycles. The molecule has 3 heterocycles. The van der Waals surface area contributed by atoms with E-state index < -0.39 is 0 Å². The van der Waals surface area contributed by atoms with Crippen molar-refractivity contribution in [2.45, 2.75) is 20.0 Å². The summed E-state index contributed by atoms with van der Waals surface area (Å²) in [5.41, 5.74) is 2.42. The van der Waals surface area contributed by atoms with Gasteiger partial charge >= 0.3 is 5.97 Å². The molecule has 3 aromatic heterocycles. The molecule has 4 rings (SSSR count). The molecule has 0 unspecified atom stereocenters. The van der Waals surface area contributed by atoms with Crippen LogP contribution in [-0.4, -0.2) is 30.7 Å². The van der Waals surface area contributed by atoms with Crippen LogP contribution in [0.15, 0.2) is 48.0 Å². The second-order valence-corrected chi connectivity index (χ2v) is 7.65. The summed E-state index contributed by atoms with van der Waals surface area (Å²) in [5.74, 6) is 0.989. The Labute approximate surface area is 167 Å². The minimum Gasteiger partial charge on any atom is -0.493 e. The van der Waals surface area contributed by atoms with Gasteiger partial charge in [-0.15, -0.1) is 11.3 Å². The molecule has 144 valence electrons. The fourth-order valence-corrected chi connectivity index (χ4v) is 4.16. The molecule has 0 atom stereocenters. The Kier molecular flexibility index (Phi) is 4.73.